The van der Waals surface area contributed by atoms with Crippen LogP contribution in [0, 0.1) is 6.92 Å². The van der Waals surface area contributed by atoms with Crippen molar-refractivity contribution in [2.45, 2.75) is 33.1 Å². The lowest BCUT2D eigenvalue weighted by Gasteiger charge is -2.06. The summed E-state index contributed by atoms with van der Waals surface area (Å²) in [7, 11) is 1.85. The van der Waals surface area contributed by atoms with E-state index in [0.717, 1.165) is 24.3 Å². The van der Waals surface area contributed by atoms with Gasteiger partial charge in [-0.25, -0.2) is 0 Å². The molecule has 0 aromatic heterocycles. The molecule has 1 rings (SSSR count). The molecular formula is C13H18ClN. The summed E-state index contributed by atoms with van der Waals surface area (Å²) in [4.78, 5) is 4.15. The first-order valence-electron chi connectivity index (χ1n) is 5.30. The van der Waals surface area contributed by atoms with Crippen LogP contribution >= 0.6 is 11.6 Å². The van der Waals surface area contributed by atoms with Crippen molar-refractivity contribution in [2.75, 3.05) is 7.05 Å². The fourth-order valence-electron chi connectivity index (χ4n) is 1.56. The minimum atomic E-state index is 0.830. The van der Waals surface area contributed by atoms with Gasteiger partial charge in [-0.15, -0.1) is 0 Å². The van der Waals surface area contributed by atoms with E-state index in [-0.39, 0.29) is 0 Å². The largest absolute Gasteiger partial charge is 0.298 e. The Labute approximate surface area is 97.2 Å². The number of hydrogen-bond acceptors (Lipinski definition) is 1. The molecule has 1 nitrogen and oxygen atoms in total. The number of hydrogen-bond donors (Lipinski definition) is 0. The van der Waals surface area contributed by atoms with Crippen LogP contribution in [0.5, 0.6) is 0 Å². The predicted octanol–water partition coefficient (Wildman–Crippen LogP) is 4.06. The first kappa shape index (κ1) is 12.3. The van der Waals surface area contributed by atoms with Crippen LogP contribution in [0.15, 0.2) is 23.2 Å². The van der Waals surface area contributed by atoms with Crippen LogP contribution in [0.2, 0.25) is 5.02 Å². The van der Waals surface area contributed by atoms with Crippen molar-refractivity contribution in [1.29, 1.82) is 0 Å². The van der Waals surface area contributed by atoms with Crippen molar-refractivity contribution in [2.24, 2.45) is 4.99 Å². The first-order valence-corrected chi connectivity index (χ1v) is 5.68. The van der Waals surface area contributed by atoms with Gasteiger partial charge in [0, 0.05) is 17.8 Å². The molecule has 0 amide bonds. The van der Waals surface area contributed by atoms with Gasteiger partial charge in [-0.1, -0.05) is 17.7 Å². The fourth-order valence-corrected chi connectivity index (χ4v) is 1.75. The third-order valence-electron chi connectivity index (χ3n) is 2.68. The Kier molecular flexibility index (Phi) is 4.83. The van der Waals surface area contributed by atoms with Crippen LogP contribution in [0.1, 0.15) is 30.9 Å². The SMILES string of the molecule is CN=C(C)CCCc1cc(Cl)ccc1C. The quantitative estimate of drug-likeness (QED) is 0.683. The van der Waals surface area contributed by atoms with E-state index in [2.05, 4.69) is 31.0 Å². The summed E-state index contributed by atoms with van der Waals surface area (Å²) >= 11 is 5.96. The molecule has 0 saturated carbocycles. The molecule has 0 aliphatic rings. The summed E-state index contributed by atoms with van der Waals surface area (Å²) in [6.45, 7) is 4.21. The van der Waals surface area contributed by atoms with Crippen LogP contribution in [-0.2, 0) is 6.42 Å². The molecule has 0 atom stereocenters. The topological polar surface area (TPSA) is 12.4 Å². The number of aryl methyl sites for hydroxylation is 2. The van der Waals surface area contributed by atoms with Gasteiger partial charge in [-0.3, -0.25) is 4.99 Å². The maximum atomic E-state index is 5.96. The van der Waals surface area contributed by atoms with E-state index in [1.165, 1.54) is 16.8 Å². The summed E-state index contributed by atoms with van der Waals surface area (Å²) < 4.78 is 0. The Morgan fingerprint density at radius 1 is 1.40 bits per heavy atom. The minimum Gasteiger partial charge on any atom is -0.298 e. The van der Waals surface area contributed by atoms with Crippen molar-refractivity contribution in [3.63, 3.8) is 0 Å². The van der Waals surface area contributed by atoms with E-state index in [0.29, 0.717) is 0 Å². The maximum absolute atomic E-state index is 5.96. The van der Waals surface area contributed by atoms with Crippen molar-refractivity contribution in [3.05, 3.63) is 34.3 Å². The van der Waals surface area contributed by atoms with E-state index in [4.69, 9.17) is 11.6 Å². The third kappa shape index (κ3) is 4.05. The molecule has 0 radical (unpaired) electrons. The van der Waals surface area contributed by atoms with Gasteiger partial charge in [0.25, 0.3) is 0 Å². The second-order valence-electron chi connectivity index (χ2n) is 3.88. The van der Waals surface area contributed by atoms with E-state index < -0.39 is 0 Å². The van der Waals surface area contributed by atoms with Gasteiger partial charge < -0.3 is 0 Å². The van der Waals surface area contributed by atoms with Gasteiger partial charge in [0.05, 0.1) is 0 Å². The lowest BCUT2D eigenvalue weighted by Crippen LogP contribution is -1.95. The molecule has 1 aromatic carbocycles. The van der Waals surface area contributed by atoms with Gasteiger partial charge in [-0.05, 0) is 56.4 Å². The van der Waals surface area contributed by atoms with E-state index >= 15 is 0 Å². The van der Waals surface area contributed by atoms with Crippen LogP contribution in [0.4, 0.5) is 0 Å². The number of nitrogens with zero attached hydrogens (tertiary/aromatic N) is 1. The molecule has 1 aromatic rings. The number of rotatable bonds is 4. The average Bonchev–Trinajstić information content (AvgIpc) is 2.23. The highest BCUT2D eigenvalue weighted by Gasteiger charge is 2.00. The molecule has 0 aliphatic heterocycles. The van der Waals surface area contributed by atoms with Crippen LogP contribution in [0.25, 0.3) is 0 Å². The number of aliphatic imine (C=N–C) groups is 1. The van der Waals surface area contributed by atoms with E-state index in [9.17, 15) is 0 Å². The Bertz CT molecular complexity index is 356. The van der Waals surface area contributed by atoms with Crippen LogP contribution in [0.3, 0.4) is 0 Å². The van der Waals surface area contributed by atoms with Crippen molar-refractivity contribution < 1.29 is 0 Å². The highest BCUT2D eigenvalue weighted by atomic mass is 35.5. The first-order chi connectivity index (χ1) is 7.13. The highest BCUT2D eigenvalue weighted by Crippen LogP contribution is 2.17. The zero-order chi connectivity index (χ0) is 11.3. The molecule has 0 N–H and O–H groups in total. The number of benzene rings is 1. The molecule has 0 unspecified atom stereocenters. The fraction of sp³-hybridized carbons (Fsp3) is 0.462. The van der Waals surface area contributed by atoms with E-state index in [1.807, 2.05) is 13.1 Å². The molecule has 0 bridgehead atoms. The predicted molar refractivity (Wildman–Crippen MR) is 68.2 cm³/mol. The maximum Gasteiger partial charge on any atom is 0.0408 e. The minimum absolute atomic E-state index is 0.830. The molecule has 15 heavy (non-hydrogen) atoms. The Morgan fingerprint density at radius 3 is 2.80 bits per heavy atom. The van der Waals surface area contributed by atoms with E-state index in [1.54, 1.807) is 0 Å². The van der Waals surface area contributed by atoms with Gasteiger partial charge in [-0.2, -0.15) is 0 Å². The van der Waals surface area contributed by atoms with Crippen LogP contribution in [-0.4, -0.2) is 12.8 Å². The molecule has 0 fully saturated rings. The number of halogens is 1. The smallest absolute Gasteiger partial charge is 0.0408 e. The molecule has 82 valence electrons. The lowest BCUT2D eigenvalue weighted by molar-refractivity contribution is 0.856. The van der Waals surface area contributed by atoms with Gasteiger partial charge in [0.1, 0.15) is 0 Å². The van der Waals surface area contributed by atoms with Crippen molar-refractivity contribution >= 4 is 17.3 Å². The van der Waals surface area contributed by atoms with Gasteiger partial charge in [0.15, 0.2) is 0 Å². The Morgan fingerprint density at radius 2 is 2.13 bits per heavy atom. The summed E-state index contributed by atoms with van der Waals surface area (Å²) in [5.41, 5.74) is 3.89. The van der Waals surface area contributed by atoms with Gasteiger partial charge >= 0.3 is 0 Å². The zero-order valence-electron chi connectivity index (χ0n) is 9.68. The third-order valence-corrected chi connectivity index (χ3v) is 2.91. The molecular weight excluding hydrogens is 206 g/mol. The standard InChI is InChI=1S/C13H18ClN/c1-10-7-8-13(14)9-12(10)6-4-5-11(2)15-3/h7-9H,4-6H2,1-3H3. The summed E-state index contributed by atoms with van der Waals surface area (Å²) in [6, 6.07) is 6.09. The van der Waals surface area contributed by atoms with Crippen molar-refractivity contribution in [3.8, 4) is 0 Å². The molecule has 0 aliphatic carbocycles. The second kappa shape index (κ2) is 5.92. The Hall–Kier alpha value is -0.820. The summed E-state index contributed by atoms with van der Waals surface area (Å²) in [5, 5.41) is 0.830. The lowest BCUT2D eigenvalue weighted by atomic mass is 10.0. The molecule has 2 heteroatoms. The molecule has 0 heterocycles. The van der Waals surface area contributed by atoms with Crippen LogP contribution < -0.4 is 0 Å². The highest BCUT2D eigenvalue weighted by molar-refractivity contribution is 6.30. The Balaban J connectivity index is 2.54. The zero-order valence-corrected chi connectivity index (χ0v) is 10.4. The molecule has 0 saturated heterocycles. The second-order valence-corrected chi connectivity index (χ2v) is 4.32. The molecule has 0 spiro atoms. The monoisotopic (exact) mass is 223 g/mol. The summed E-state index contributed by atoms with van der Waals surface area (Å²) in [6.07, 6.45) is 3.30. The van der Waals surface area contributed by atoms with Gasteiger partial charge in [0.2, 0.25) is 0 Å². The van der Waals surface area contributed by atoms with Crippen molar-refractivity contribution in [1.82, 2.24) is 0 Å². The summed E-state index contributed by atoms with van der Waals surface area (Å²) in [5.74, 6) is 0. The normalized spacial score (nSPS) is 11.9. The average molecular weight is 224 g/mol.